The number of nitrogens with zero attached hydrogens (tertiary/aromatic N) is 1. The third kappa shape index (κ3) is 3.74. The molecule has 0 unspecified atom stereocenters. The summed E-state index contributed by atoms with van der Waals surface area (Å²) in [7, 11) is 1.81. The van der Waals surface area contributed by atoms with Gasteiger partial charge in [0.05, 0.1) is 6.54 Å². The van der Waals surface area contributed by atoms with Crippen LogP contribution in [-0.2, 0) is 13.0 Å². The van der Waals surface area contributed by atoms with Crippen molar-refractivity contribution in [1.82, 2.24) is 15.6 Å². The fourth-order valence-corrected chi connectivity index (χ4v) is 3.41. The molecule has 2 heterocycles. The fourth-order valence-electron chi connectivity index (χ4n) is 2.77. The van der Waals surface area contributed by atoms with Gasteiger partial charge in [0.2, 0.25) is 0 Å². The van der Waals surface area contributed by atoms with Crippen LogP contribution < -0.4 is 10.6 Å². The summed E-state index contributed by atoms with van der Waals surface area (Å²) in [5.41, 5.74) is 3.87. The molecule has 1 aromatic carbocycles. The van der Waals surface area contributed by atoms with Crippen LogP contribution in [0.1, 0.15) is 16.0 Å². The van der Waals surface area contributed by atoms with E-state index in [1.54, 1.807) is 18.4 Å². The van der Waals surface area contributed by atoms with Crippen LogP contribution in [0.25, 0.3) is 10.9 Å². The number of benzene rings is 1. The van der Waals surface area contributed by atoms with Crippen LogP contribution in [0.3, 0.4) is 0 Å². The monoisotopic (exact) mass is 326 g/mol. The number of thiophene rings is 1. The van der Waals surface area contributed by atoms with Crippen molar-refractivity contribution in [2.75, 3.05) is 13.6 Å². The molecule has 23 heavy (non-hydrogen) atoms. The lowest BCUT2D eigenvalue weighted by Crippen LogP contribution is -2.37. The first kappa shape index (κ1) is 15.6. The molecule has 3 N–H and O–H groups in total. The number of aliphatic imine (C=N–C) groups is 1. The SMILES string of the molecule is CN=C(NCCc1c[nH]c2cccc(C)c12)NCc1cccs1. The Labute approximate surface area is 140 Å². The van der Waals surface area contributed by atoms with Gasteiger partial charge in [-0.2, -0.15) is 0 Å². The van der Waals surface area contributed by atoms with E-state index >= 15 is 0 Å². The van der Waals surface area contributed by atoms with Gasteiger partial charge in [-0.25, -0.2) is 0 Å². The third-order valence-electron chi connectivity index (χ3n) is 3.92. The molecule has 0 saturated heterocycles. The molecule has 4 nitrogen and oxygen atoms in total. The van der Waals surface area contributed by atoms with Crippen molar-refractivity contribution in [2.24, 2.45) is 4.99 Å². The molecule has 0 aliphatic rings. The Kier molecular flexibility index (Phi) is 4.98. The van der Waals surface area contributed by atoms with Crippen LogP contribution in [0.4, 0.5) is 0 Å². The highest BCUT2D eigenvalue weighted by molar-refractivity contribution is 7.09. The summed E-state index contributed by atoms with van der Waals surface area (Å²) in [5.74, 6) is 0.843. The Morgan fingerprint density at radius 2 is 2.13 bits per heavy atom. The summed E-state index contributed by atoms with van der Waals surface area (Å²) >= 11 is 1.75. The standard InChI is InChI=1S/C18H22N4S/c1-13-5-3-7-16-17(13)14(11-21-16)8-9-20-18(19-2)22-12-15-6-4-10-23-15/h3-7,10-11,21H,8-9,12H2,1-2H3,(H2,19,20,22). The number of rotatable bonds is 5. The topological polar surface area (TPSA) is 52.2 Å². The van der Waals surface area contributed by atoms with Crippen LogP contribution >= 0.6 is 11.3 Å². The highest BCUT2D eigenvalue weighted by Gasteiger charge is 2.06. The van der Waals surface area contributed by atoms with Crippen molar-refractivity contribution in [1.29, 1.82) is 0 Å². The molecular formula is C18H22N4S. The summed E-state index contributed by atoms with van der Waals surface area (Å²) in [5, 5.41) is 10.2. The lowest BCUT2D eigenvalue weighted by Gasteiger charge is -2.11. The van der Waals surface area contributed by atoms with E-state index < -0.39 is 0 Å². The van der Waals surface area contributed by atoms with E-state index in [1.807, 2.05) is 0 Å². The Bertz CT molecular complexity index is 787. The molecule has 0 atom stereocenters. The minimum atomic E-state index is 0.809. The molecule has 0 aliphatic heterocycles. The Hall–Kier alpha value is -2.27. The van der Waals surface area contributed by atoms with Gasteiger partial charge >= 0.3 is 0 Å². The lowest BCUT2D eigenvalue weighted by molar-refractivity contribution is 0.801. The van der Waals surface area contributed by atoms with Gasteiger partial charge in [0.25, 0.3) is 0 Å². The van der Waals surface area contributed by atoms with Crippen LogP contribution in [0, 0.1) is 6.92 Å². The molecule has 0 saturated carbocycles. The van der Waals surface area contributed by atoms with E-state index in [1.165, 1.54) is 26.9 Å². The summed E-state index contributed by atoms with van der Waals surface area (Å²) in [6.07, 6.45) is 3.08. The van der Waals surface area contributed by atoms with Gasteiger partial charge in [0.1, 0.15) is 0 Å². The molecule has 120 valence electrons. The van der Waals surface area contributed by atoms with Gasteiger partial charge < -0.3 is 15.6 Å². The second-order valence-electron chi connectivity index (χ2n) is 5.49. The van der Waals surface area contributed by atoms with Gasteiger partial charge in [0, 0.05) is 35.6 Å². The number of guanidine groups is 1. The Balaban J connectivity index is 1.55. The zero-order valence-electron chi connectivity index (χ0n) is 13.5. The minimum absolute atomic E-state index is 0.809. The number of nitrogens with one attached hydrogen (secondary N) is 3. The van der Waals surface area contributed by atoms with Crippen molar-refractivity contribution in [3.05, 3.63) is 57.9 Å². The minimum Gasteiger partial charge on any atom is -0.361 e. The van der Waals surface area contributed by atoms with Crippen LogP contribution in [0.5, 0.6) is 0 Å². The van der Waals surface area contributed by atoms with E-state index in [0.29, 0.717) is 0 Å². The van der Waals surface area contributed by atoms with Gasteiger partial charge in [-0.1, -0.05) is 18.2 Å². The van der Waals surface area contributed by atoms with Crippen molar-refractivity contribution in [2.45, 2.75) is 19.9 Å². The maximum atomic E-state index is 4.28. The average Bonchev–Trinajstić information content (AvgIpc) is 3.21. The summed E-state index contributed by atoms with van der Waals surface area (Å²) in [4.78, 5) is 8.94. The Morgan fingerprint density at radius 3 is 2.91 bits per heavy atom. The fraction of sp³-hybridized carbons (Fsp3) is 0.278. The van der Waals surface area contributed by atoms with E-state index in [0.717, 1.165) is 25.5 Å². The largest absolute Gasteiger partial charge is 0.361 e. The predicted octanol–water partition coefficient (Wildman–Crippen LogP) is 3.45. The van der Waals surface area contributed by atoms with Gasteiger partial charge in [-0.15, -0.1) is 11.3 Å². The normalized spacial score (nSPS) is 11.8. The van der Waals surface area contributed by atoms with Crippen molar-refractivity contribution < 1.29 is 0 Å². The molecule has 3 rings (SSSR count). The van der Waals surface area contributed by atoms with Gasteiger partial charge in [0.15, 0.2) is 5.96 Å². The molecule has 5 heteroatoms. The number of H-pyrrole nitrogens is 1. The second-order valence-corrected chi connectivity index (χ2v) is 6.53. The first-order valence-electron chi connectivity index (χ1n) is 7.80. The number of aromatic nitrogens is 1. The quantitative estimate of drug-likeness (QED) is 0.497. The number of aryl methyl sites for hydroxylation is 1. The summed E-state index contributed by atoms with van der Waals surface area (Å²) in [6, 6.07) is 10.6. The van der Waals surface area contributed by atoms with Crippen molar-refractivity contribution in [3.63, 3.8) is 0 Å². The van der Waals surface area contributed by atoms with Gasteiger partial charge in [-0.3, -0.25) is 4.99 Å². The molecule has 0 amide bonds. The Morgan fingerprint density at radius 1 is 1.22 bits per heavy atom. The first-order valence-corrected chi connectivity index (χ1v) is 8.68. The number of fused-ring (bicyclic) bond motifs is 1. The average molecular weight is 326 g/mol. The van der Waals surface area contributed by atoms with Gasteiger partial charge in [-0.05, 0) is 42.0 Å². The zero-order chi connectivity index (χ0) is 16.1. The predicted molar refractivity (Wildman–Crippen MR) is 99.3 cm³/mol. The number of aromatic amines is 1. The maximum Gasteiger partial charge on any atom is 0.191 e. The first-order chi connectivity index (χ1) is 11.3. The van der Waals surface area contributed by atoms with E-state index in [9.17, 15) is 0 Å². The highest BCUT2D eigenvalue weighted by Crippen LogP contribution is 2.22. The molecule has 0 spiro atoms. The molecular weight excluding hydrogens is 304 g/mol. The smallest absolute Gasteiger partial charge is 0.191 e. The maximum absolute atomic E-state index is 4.28. The van der Waals surface area contributed by atoms with Crippen LogP contribution in [0.2, 0.25) is 0 Å². The molecule has 0 radical (unpaired) electrons. The second kappa shape index (κ2) is 7.33. The highest BCUT2D eigenvalue weighted by atomic mass is 32.1. The molecule has 3 aromatic rings. The van der Waals surface area contributed by atoms with Crippen LogP contribution in [-0.4, -0.2) is 24.5 Å². The number of hydrogen-bond acceptors (Lipinski definition) is 2. The molecule has 0 fully saturated rings. The lowest BCUT2D eigenvalue weighted by atomic mass is 10.1. The molecule has 2 aromatic heterocycles. The van der Waals surface area contributed by atoms with Crippen molar-refractivity contribution >= 4 is 28.2 Å². The summed E-state index contributed by atoms with van der Waals surface area (Å²) in [6.45, 7) is 3.82. The van der Waals surface area contributed by atoms with E-state index in [2.05, 4.69) is 69.4 Å². The van der Waals surface area contributed by atoms with Crippen molar-refractivity contribution in [3.8, 4) is 0 Å². The molecule has 0 aliphatic carbocycles. The van der Waals surface area contributed by atoms with Crippen LogP contribution in [0.15, 0.2) is 46.9 Å². The number of hydrogen-bond donors (Lipinski definition) is 3. The zero-order valence-corrected chi connectivity index (χ0v) is 14.3. The third-order valence-corrected chi connectivity index (χ3v) is 4.79. The molecule has 0 bridgehead atoms. The van der Waals surface area contributed by atoms with E-state index in [4.69, 9.17) is 0 Å². The summed E-state index contributed by atoms with van der Waals surface area (Å²) < 4.78 is 0. The van der Waals surface area contributed by atoms with E-state index in [-0.39, 0.29) is 0 Å².